The molecule has 0 atom stereocenters. The minimum Gasteiger partial charge on any atom is -0.475 e. The SMILES string of the molecule is N#Cc1cccc(-c2ccc3[nH]c(C(=O)O)nc3c2)c1. The highest BCUT2D eigenvalue weighted by atomic mass is 16.4. The van der Waals surface area contributed by atoms with Gasteiger partial charge in [-0.15, -0.1) is 0 Å². The Hall–Kier alpha value is -3.13. The molecule has 5 nitrogen and oxygen atoms in total. The van der Waals surface area contributed by atoms with E-state index in [-0.39, 0.29) is 5.82 Å². The van der Waals surface area contributed by atoms with E-state index in [1.165, 1.54) is 0 Å². The third-order valence-corrected chi connectivity index (χ3v) is 3.01. The molecule has 0 aliphatic rings. The zero-order chi connectivity index (χ0) is 14.1. The van der Waals surface area contributed by atoms with E-state index in [9.17, 15) is 4.79 Å². The van der Waals surface area contributed by atoms with Crippen molar-refractivity contribution in [1.82, 2.24) is 9.97 Å². The van der Waals surface area contributed by atoms with Crippen molar-refractivity contribution >= 4 is 17.0 Å². The largest absolute Gasteiger partial charge is 0.475 e. The summed E-state index contributed by atoms with van der Waals surface area (Å²) in [5.41, 5.74) is 3.62. The Labute approximate surface area is 114 Å². The number of hydrogen-bond donors (Lipinski definition) is 2. The van der Waals surface area contributed by atoms with Crippen LogP contribution < -0.4 is 0 Å². The van der Waals surface area contributed by atoms with E-state index in [1.54, 1.807) is 24.3 Å². The van der Waals surface area contributed by atoms with Crippen LogP contribution in [0.1, 0.15) is 16.2 Å². The number of nitrogens with zero attached hydrogens (tertiary/aromatic N) is 2. The van der Waals surface area contributed by atoms with Gasteiger partial charge in [0.1, 0.15) is 0 Å². The van der Waals surface area contributed by atoms with Crippen LogP contribution in [-0.4, -0.2) is 21.0 Å². The maximum atomic E-state index is 10.9. The van der Waals surface area contributed by atoms with Crippen molar-refractivity contribution in [1.29, 1.82) is 5.26 Å². The molecule has 2 aromatic carbocycles. The lowest BCUT2D eigenvalue weighted by Crippen LogP contribution is -1.97. The average molecular weight is 263 g/mol. The lowest BCUT2D eigenvalue weighted by molar-refractivity contribution is 0.0685. The fraction of sp³-hybridized carbons (Fsp3) is 0. The summed E-state index contributed by atoms with van der Waals surface area (Å²) in [7, 11) is 0. The first kappa shape index (κ1) is 11.9. The third kappa shape index (κ3) is 1.99. The van der Waals surface area contributed by atoms with Crippen molar-refractivity contribution in [2.24, 2.45) is 0 Å². The Morgan fingerprint density at radius 3 is 2.75 bits per heavy atom. The van der Waals surface area contributed by atoms with E-state index in [1.807, 2.05) is 18.2 Å². The molecule has 0 saturated carbocycles. The number of aromatic amines is 1. The lowest BCUT2D eigenvalue weighted by Gasteiger charge is -2.01. The molecule has 1 heterocycles. The second kappa shape index (κ2) is 4.52. The summed E-state index contributed by atoms with van der Waals surface area (Å²) in [6.07, 6.45) is 0. The van der Waals surface area contributed by atoms with Crippen molar-refractivity contribution in [3.8, 4) is 17.2 Å². The Bertz CT molecular complexity index is 859. The van der Waals surface area contributed by atoms with Crippen LogP contribution in [0.5, 0.6) is 0 Å². The molecule has 0 aliphatic heterocycles. The van der Waals surface area contributed by atoms with Gasteiger partial charge in [-0.05, 0) is 35.4 Å². The fourth-order valence-corrected chi connectivity index (χ4v) is 2.05. The maximum absolute atomic E-state index is 10.9. The summed E-state index contributed by atoms with van der Waals surface area (Å²) < 4.78 is 0. The number of nitrogens with one attached hydrogen (secondary N) is 1. The molecule has 1 aromatic heterocycles. The predicted molar refractivity (Wildman–Crippen MR) is 73.2 cm³/mol. The number of carbonyl (C=O) groups is 1. The van der Waals surface area contributed by atoms with E-state index in [2.05, 4.69) is 16.0 Å². The smallest absolute Gasteiger partial charge is 0.371 e. The summed E-state index contributed by atoms with van der Waals surface area (Å²) >= 11 is 0. The number of H-pyrrole nitrogens is 1. The van der Waals surface area contributed by atoms with E-state index >= 15 is 0 Å². The van der Waals surface area contributed by atoms with Crippen molar-refractivity contribution in [2.75, 3.05) is 0 Å². The molecule has 0 radical (unpaired) electrons. The van der Waals surface area contributed by atoms with Gasteiger partial charge in [-0.25, -0.2) is 9.78 Å². The van der Waals surface area contributed by atoms with Gasteiger partial charge in [0.15, 0.2) is 0 Å². The monoisotopic (exact) mass is 263 g/mol. The van der Waals surface area contributed by atoms with Crippen molar-refractivity contribution < 1.29 is 9.90 Å². The Kier molecular flexibility index (Phi) is 2.70. The van der Waals surface area contributed by atoms with E-state index in [4.69, 9.17) is 10.4 Å². The van der Waals surface area contributed by atoms with Gasteiger partial charge in [0.2, 0.25) is 5.82 Å². The van der Waals surface area contributed by atoms with Crippen LogP contribution in [0.2, 0.25) is 0 Å². The Morgan fingerprint density at radius 1 is 1.20 bits per heavy atom. The number of imidazole rings is 1. The number of aromatic nitrogens is 2. The highest BCUT2D eigenvalue weighted by molar-refractivity contribution is 5.90. The number of fused-ring (bicyclic) bond motifs is 1. The van der Waals surface area contributed by atoms with Crippen LogP contribution in [-0.2, 0) is 0 Å². The summed E-state index contributed by atoms with van der Waals surface area (Å²) in [4.78, 5) is 17.6. The third-order valence-electron chi connectivity index (χ3n) is 3.01. The first-order valence-electron chi connectivity index (χ1n) is 5.91. The van der Waals surface area contributed by atoms with Crippen LogP contribution in [0.15, 0.2) is 42.5 Å². The van der Waals surface area contributed by atoms with Gasteiger partial charge in [0, 0.05) is 0 Å². The number of benzene rings is 2. The molecule has 0 unspecified atom stereocenters. The quantitative estimate of drug-likeness (QED) is 0.743. The zero-order valence-electron chi connectivity index (χ0n) is 10.3. The molecule has 3 rings (SSSR count). The van der Waals surface area contributed by atoms with Crippen molar-refractivity contribution in [2.45, 2.75) is 0 Å². The van der Waals surface area contributed by atoms with E-state index < -0.39 is 5.97 Å². The number of carboxylic acid groups (broad SMARTS) is 1. The first-order valence-corrected chi connectivity index (χ1v) is 5.91. The summed E-state index contributed by atoms with van der Waals surface area (Å²) in [6.45, 7) is 0. The molecule has 5 heteroatoms. The van der Waals surface area contributed by atoms with Crippen molar-refractivity contribution in [3.05, 3.63) is 53.9 Å². The number of hydrogen-bond acceptors (Lipinski definition) is 3. The van der Waals surface area contributed by atoms with Crippen LogP contribution in [0.3, 0.4) is 0 Å². The van der Waals surface area contributed by atoms with Gasteiger partial charge in [-0.2, -0.15) is 5.26 Å². The van der Waals surface area contributed by atoms with Crippen LogP contribution in [0.4, 0.5) is 0 Å². The summed E-state index contributed by atoms with van der Waals surface area (Å²) in [5, 5.41) is 17.8. The van der Waals surface area contributed by atoms with Gasteiger partial charge >= 0.3 is 5.97 Å². The van der Waals surface area contributed by atoms with Crippen LogP contribution in [0.25, 0.3) is 22.2 Å². The normalized spacial score (nSPS) is 10.3. The van der Waals surface area contributed by atoms with E-state index in [0.717, 1.165) is 11.1 Å². The molecule has 0 amide bonds. The van der Waals surface area contributed by atoms with Gasteiger partial charge in [-0.1, -0.05) is 18.2 Å². The number of aromatic carboxylic acids is 1. The molecule has 0 bridgehead atoms. The van der Waals surface area contributed by atoms with Gasteiger partial charge < -0.3 is 10.1 Å². The second-order valence-electron chi connectivity index (χ2n) is 4.32. The maximum Gasteiger partial charge on any atom is 0.371 e. The summed E-state index contributed by atoms with van der Waals surface area (Å²) in [5.74, 6) is -1.17. The molecule has 96 valence electrons. The predicted octanol–water partition coefficient (Wildman–Crippen LogP) is 2.80. The average Bonchev–Trinajstić information content (AvgIpc) is 2.90. The molecule has 2 N–H and O–H groups in total. The van der Waals surface area contributed by atoms with Crippen molar-refractivity contribution in [3.63, 3.8) is 0 Å². The van der Waals surface area contributed by atoms with Gasteiger partial charge in [-0.3, -0.25) is 0 Å². The number of nitriles is 1. The highest BCUT2D eigenvalue weighted by Gasteiger charge is 2.10. The molecular formula is C15H9N3O2. The molecular weight excluding hydrogens is 254 g/mol. The Balaban J connectivity index is 2.12. The second-order valence-corrected chi connectivity index (χ2v) is 4.32. The van der Waals surface area contributed by atoms with Gasteiger partial charge in [0.25, 0.3) is 0 Å². The molecule has 20 heavy (non-hydrogen) atoms. The standard InChI is InChI=1S/C15H9N3O2/c16-8-9-2-1-3-10(6-9)11-4-5-12-13(7-11)18-14(17-12)15(19)20/h1-7H,(H,17,18)(H,19,20). The topological polar surface area (TPSA) is 89.8 Å². The molecule has 0 fully saturated rings. The lowest BCUT2D eigenvalue weighted by atomic mass is 10.0. The zero-order valence-corrected chi connectivity index (χ0v) is 10.3. The Morgan fingerprint density at radius 2 is 2.00 bits per heavy atom. The minimum absolute atomic E-state index is 0.0806. The molecule has 0 spiro atoms. The summed E-state index contributed by atoms with van der Waals surface area (Å²) in [6, 6.07) is 14.8. The first-order chi connectivity index (χ1) is 9.67. The fourth-order valence-electron chi connectivity index (χ4n) is 2.05. The molecule has 0 aliphatic carbocycles. The molecule has 3 aromatic rings. The van der Waals surface area contributed by atoms with Crippen LogP contribution in [0, 0.1) is 11.3 Å². The van der Waals surface area contributed by atoms with Gasteiger partial charge in [0.05, 0.1) is 22.7 Å². The van der Waals surface area contributed by atoms with E-state index in [0.29, 0.717) is 16.6 Å². The number of rotatable bonds is 2. The molecule has 0 saturated heterocycles. The number of carboxylic acids is 1. The highest BCUT2D eigenvalue weighted by Crippen LogP contribution is 2.24. The van der Waals surface area contributed by atoms with Crippen LogP contribution >= 0.6 is 0 Å². The minimum atomic E-state index is -1.09.